The van der Waals surface area contributed by atoms with Gasteiger partial charge in [0.2, 0.25) is 0 Å². The number of hydrogen-bond acceptors (Lipinski definition) is 4. The first kappa shape index (κ1) is 18.4. The fourth-order valence-corrected chi connectivity index (χ4v) is 3.82. The smallest absolute Gasteiger partial charge is 0.387 e. The van der Waals surface area contributed by atoms with E-state index in [9.17, 15) is 8.78 Å². The molecule has 0 aliphatic carbocycles. The number of halogens is 2. The van der Waals surface area contributed by atoms with E-state index < -0.39 is 6.61 Å². The van der Waals surface area contributed by atoms with Crippen molar-refractivity contribution in [2.24, 2.45) is 0 Å². The quantitative estimate of drug-likeness (QED) is 0.805. The molecule has 0 radical (unpaired) electrons. The minimum atomic E-state index is -2.80. The van der Waals surface area contributed by atoms with E-state index in [1.165, 1.54) is 19.5 Å². The second kappa shape index (κ2) is 8.35. The maximum Gasteiger partial charge on any atom is 0.387 e. The summed E-state index contributed by atoms with van der Waals surface area (Å²) in [5.41, 5.74) is 1.82. The first-order chi connectivity index (χ1) is 13.2. The van der Waals surface area contributed by atoms with Crippen molar-refractivity contribution in [1.29, 1.82) is 0 Å². The van der Waals surface area contributed by atoms with E-state index in [1.807, 2.05) is 0 Å². The van der Waals surface area contributed by atoms with Gasteiger partial charge in [0.05, 0.1) is 5.69 Å². The molecule has 146 valence electrons. The summed E-state index contributed by atoms with van der Waals surface area (Å²) in [7, 11) is 0. The molecule has 0 amide bonds. The molecule has 2 aliphatic heterocycles. The van der Waals surface area contributed by atoms with Gasteiger partial charge in [0.15, 0.2) is 0 Å². The summed E-state index contributed by atoms with van der Waals surface area (Å²) in [5.74, 6) is 1.79. The van der Waals surface area contributed by atoms with Crippen molar-refractivity contribution in [1.82, 2.24) is 19.8 Å². The molecule has 1 aromatic heterocycles. The van der Waals surface area contributed by atoms with Crippen LogP contribution in [0, 0.1) is 0 Å². The second-order valence-electron chi connectivity index (χ2n) is 7.30. The molecule has 1 aromatic carbocycles. The summed E-state index contributed by atoms with van der Waals surface area (Å²) in [6.45, 7) is 3.62. The molecule has 2 aromatic rings. The molecule has 2 fully saturated rings. The Hall–Kier alpha value is -1.99. The number of likely N-dealkylation sites (tertiary alicyclic amines) is 1. The number of nitrogens with one attached hydrogen (secondary N) is 1. The molecule has 27 heavy (non-hydrogen) atoms. The van der Waals surface area contributed by atoms with Gasteiger partial charge < -0.3 is 19.5 Å². The van der Waals surface area contributed by atoms with E-state index in [0.717, 1.165) is 56.1 Å². The van der Waals surface area contributed by atoms with Crippen LogP contribution in [0.5, 0.6) is 5.75 Å². The topological polar surface area (TPSA) is 42.3 Å². The van der Waals surface area contributed by atoms with Crippen LogP contribution in [-0.2, 0) is 6.54 Å². The van der Waals surface area contributed by atoms with Gasteiger partial charge in [0, 0.05) is 30.8 Å². The largest absolute Gasteiger partial charge is 0.435 e. The Kier molecular flexibility index (Phi) is 5.69. The van der Waals surface area contributed by atoms with Crippen LogP contribution in [0.1, 0.15) is 31.0 Å². The zero-order valence-corrected chi connectivity index (χ0v) is 15.4. The Bertz CT molecular complexity index is 737. The van der Waals surface area contributed by atoms with Gasteiger partial charge in [-0.2, -0.15) is 8.78 Å². The van der Waals surface area contributed by atoms with Crippen molar-refractivity contribution in [3.05, 3.63) is 36.3 Å². The summed E-state index contributed by atoms with van der Waals surface area (Å²) < 4.78 is 31.4. The van der Waals surface area contributed by atoms with E-state index >= 15 is 0 Å². The van der Waals surface area contributed by atoms with E-state index in [-0.39, 0.29) is 5.75 Å². The highest BCUT2D eigenvalue weighted by Gasteiger charge is 2.22. The van der Waals surface area contributed by atoms with Gasteiger partial charge >= 0.3 is 6.61 Å². The van der Waals surface area contributed by atoms with Gasteiger partial charge in [0.25, 0.3) is 0 Å². The highest BCUT2D eigenvalue weighted by atomic mass is 19.3. The van der Waals surface area contributed by atoms with Crippen molar-refractivity contribution in [3.8, 4) is 17.0 Å². The Morgan fingerprint density at radius 2 is 1.85 bits per heavy atom. The third kappa shape index (κ3) is 4.47. The normalized spacial score (nSPS) is 18.6. The summed E-state index contributed by atoms with van der Waals surface area (Å²) in [6.07, 6.45) is 5.60. The fraction of sp³-hybridized carbons (Fsp3) is 0.550. The lowest BCUT2D eigenvalue weighted by Gasteiger charge is -2.31. The predicted octanol–water partition coefficient (Wildman–Crippen LogP) is 3.32. The van der Waals surface area contributed by atoms with Crippen LogP contribution in [0.3, 0.4) is 0 Å². The predicted molar refractivity (Wildman–Crippen MR) is 100 cm³/mol. The number of alkyl halides is 2. The van der Waals surface area contributed by atoms with Crippen molar-refractivity contribution in [3.63, 3.8) is 0 Å². The number of ether oxygens (including phenoxy) is 1. The summed E-state index contributed by atoms with van der Waals surface area (Å²) in [6, 6.07) is 6.74. The van der Waals surface area contributed by atoms with Gasteiger partial charge in [0.1, 0.15) is 11.6 Å². The number of rotatable bonds is 7. The van der Waals surface area contributed by atoms with E-state index in [4.69, 9.17) is 4.98 Å². The van der Waals surface area contributed by atoms with Crippen LogP contribution in [0.2, 0.25) is 0 Å². The molecule has 2 saturated heterocycles. The molecular formula is C20H26F2N4O. The number of piperidine rings is 1. The van der Waals surface area contributed by atoms with Crippen LogP contribution < -0.4 is 10.1 Å². The molecule has 0 bridgehead atoms. The zero-order chi connectivity index (χ0) is 18.6. The van der Waals surface area contributed by atoms with Crippen LogP contribution in [-0.4, -0.2) is 53.8 Å². The number of imidazole rings is 1. The Labute approximate surface area is 158 Å². The van der Waals surface area contributed by atoms with E-state index in [1.54, 1.807) is 24.3 Å². The average Bonchev–Trinajstić information content (AvgIpc) is 3.05. The first-order valence-electron chi connectivity index (χ1n) is 9.74. The Morgan fingerprint density at radius 1 is 1.11 bits per heavy atom. The van der Waals surface area contributed by atoms with Crippen LogP contribution in [0.25, 0.3) is 11.3 Å². The number of aromatic nitrogens is 2. The Balaban J connectivity index is 1.55. The molecule has 4 rings (SSSR count). The van der Waals surface area contributed by atoms with Crippen LogP contribution in [0.15, 0.2) is 30.5 Å². The molecule has 7 heteroatoms. The maximum absolute atomic E-state index is 12.3. The minimum absolute atomic E-state index is 0.171. The number of hydrogen-bond donors (Lipinski definition) is 1. The van der Waals surface area contributed by atoms with Gasteiger partial charge in [-0.05, 0) is 69.7 Å². The van der Waals surface area contributed by atoms with Crippen LogP contribution >= 0.6 is 0 Å². The highest BCUT2D eigenvalue weighted by molar-refractivity contribution is 5.60. The summed E-state index contributed by atoms with van der Waals surface area (Å²) in [4.78, 5) is 7.40. The van der Waals surface area contributed by atoms with E-state index in [0.29, 0.717) is 5.92 Å². The summed E-state index contributed by atoms with van der Waals surface area (Å²) >= 11 is 0. The lowest BCUT2D eigenvalue weighted by atomic mass is 9.97. The lowest BCUT2D eigenvalue weighted by molar-refractivity contribution is -0.0498. The molecule has 5 nitrogen and oxygen atoms in total. The molecule has 3 heterocycles. The summed E-state index contributed by atoms with van der Waals surface area (Å²) in [5, 5.41) is 3.41. The molecule has 1 N–H and O–H groups in total. The SMILES string of the molecule is FC(F)Oc1ccc(-c2cn(CCN3CCC3)c(C3CCNCC3)n2)cc1. The van der Waals surface area contributed by atoms with E-state index in [2.05, 4.69) is 25.7 Å². The van der Waals surface area contributed by atoms with Crippen molar-refractivity contribution in [2.75, 3.05) is 32.7 Å². The number of nitrogens with zero attached hydrogens (tertiary/aromatic N) is 3. The van der Waals surface area contributed by atoms with Crippen molar-refractivity contribution in [2.45, 2.75) is 38.3 Å². The van der Waals surface area contributed by atoms with Gasteiger partial charge in [-0.25, -0.2) is 4.98 Å². The van der Waals surface area contributed by atoms with Gasteiger partial charge in [-0.3, -0.25) is 0 Å². The zero-order valence-electron chi connectivity index (χ0n) is 15.4. The maximum atomic E-state index is 12.3. The first-order valence-corrected chi connectivity index (χ1v) is 9.74. The van der Waals surface area contributed by atoms with Crippen molar-refractivity contribution >= 4 is 0 Å². The lowest BCUT2D eigenvalue weighted by Crippen LogP contribution is -2.39. The monoisotopic (exact) mass is 376 g/mol. The Morgan fingerprint density at radius 3 is 2.48 bits per heavy atom. The third-order valence-electron chi connectivity index (χ3n) is 5.49. The minimum Gasteiger partial charge on any atom is -0.435 e. The highest BCUT2D eigenvalue weighted by Crippen LogP contribution is 2.29. The number of benzene rings is 1. The molecular weight excluding hydrogens is 350 g/mol. The molecule has 0 saturated carbocycles. The molecule has 0 spiro atoms. The molecule has 0 atom stereocenters. The fourth-order valence-electron chi connectivity index (χ4n) is 3.82. The molecule has 2 aliphatic rings. The van der Waals surface area contributed by atoms with Crippen molar-refractivity contribution < 1.29 is 13.5 Å². The second-order valence-corrected chi connectivity index (χ2v) is 7.30. The average molecular weight is 376 g/mol. The standard InChI is InChI=1S/C20H26F2N4O/c21-20(22)27-17-4-2-15(3-5-17)18-14-26(13-12-25-10-1-11-25)19(24-18)16-6-8-23-9-7-16/h2-5,14,16,20,23H,1,6-13H2. The molecule has 0 unspecified atom stereocenters. The van der Waals surface area contributed by atoms with Crippen LogP contribution in [0.4, 0.5) is 8.78 Å². The van der Waals surface area contributed by atoms with Gasteiger partial charge in [-0.1, -0.05) is 0 Å². The third-order valence-corrected chi connectivity index (χ3v) is 5.49. The van der Waals surface area contributed by atoms with Gasteiger partial charge in [-0.15, -0.1) is 0 Å².